The van der Waals surface area contributed by atoms with Gasteiger partial charge in [0, 0.05) is 6.54 Å². The summed E-state index contributed by atoms with van der Waals surface area (Å²) >= 11 is 0. The molecule has 1 N–H and O–H groups in total. The van der Waals surface area contributed by atoms with E-state index in [0.717, 1.165) is 0 Å². The summed E-state index contributed by atoms with van der Waals surface area (Å²) in [4.78, 5) is 12.5. The van der Waals surface area contributed by atoms with Crippen LogP contribution in [0.15, 0.2) is 12.7 Å². The molecule has 1 unspecified atom stereocenters. The highest BCUT2D eigenvalue weighted by molar-refractivity contribution is 5.78. The molecule has 1 aliphatic heterocycles. The Morgan fingerprint density at radius 2 is 2.58 bits per heavy atom. The van der Waals surface area contributed by atoms with E-state index in [0.29, 0.717) is 13.0 Å². The maximum Gasteiger partial charge on any atom is 0.250 e. The van der Waals surface area contributed by atoms with Crippen LogP contribution in [0.2, 0.25) is 0 Å². The number of hydrogen-bond donors (Lipinski definition) is 1. The number of hydrogen-bond acceptors (Lipinski definition) is 3. The Kier molecular flexibility index (Phi) is 3.25. The second-order valence-electron chi connectivity index (χ2n) is 2.66. The molecule has 1 saturated heterocycles. The molecule has 1 aliphatic rings. The number of aliphatic hydroxyl groups excluding tert-OH is 1. The highest BCUT2D eigenvalue weighted by Crippen LogP contribution is 2.05. The van der Waals surface area contributed by atoms with Gasteiger partial charge in [-0.05, 0) is 6.42 Å². The molecule has 0 radical (unpaired) electrons. The van der Waals surface area contributed by atoms with E-state index in [4.69, 9.17) is 4.74 Å². The number of amides is 1. The summed E-state index contributed by atoms with van der Waals surface area (Å²) in [7, 11) is 0. The van der Waals surface area contributed by atoms with Gasteiger partial charge in [-0.15, -0.1) is 6.58 Å². The maximum atomic E-state index is 11.1. The Morgan fingerprint density at radius 3 is 3.17 bits per heavy atom. The van der Waals surface area contributed by atoms with Crippen molar-refractivity contribution in [3.8, 4) is 0 Å². The van der Waals surface area contributed by atoms with Gasteiger partial charge in [-0.25, -0.2) is 0 Å². The smallest absolute Gasteiger partial charge is 0.250 e. The van der Waals surface area contributed by atoms with Gasteiger partial charge in [0.05, 0.1) is 6.61 Å². The largest absolute Gasteiger partial charge is 0.371 e. The van der Waals surface area contributed by atoms with E-state index in [9.17, 15) is 9.90 Å². The number of morpholine rings is 1. The van der Waals surface area contributed by atoms with Gasteiger partial charge in [-0.2, -0.15) is 0 Å². The first-order valence-electron chi connectivity index (χ1n) is 3.92. The second-order valence-corrected chi connectivity index (χ2v) is 2.66. The molecule has 1 amide bonds. The Bertz CT molecular complexity index is 181. The average Bonchev–Trinajstić information content (AvgIpc) is 2.04. The number of ether oxygens (including phenoxy) is 1. The zero-order valence-corrected chi connectivity index (χ0v) is 6.90. The molecule has 1 fully saturated rings. The number of rotatable bonds is 3. The van der Waals surface area contributed by atoms with E-state index < -0.39 is 6.23 Å². The zero-order chi connectivity index (χ0) is 8.97. The van der Waals surface area contributed by atoms with E-state index in [-0.39, 0.29) is 19.1 Å². The fourth-order valence-corrected chi connectivity index (χ4v) is 1.09. The van der Waals surface area contributed by atoms with Gasteiger partial charge in [-0.3, -0.25) is 4.79 Å². The number of nitrogens with zero attached hydrogens (tertiary/aromatic N) is 1. The summed E-state index contributed by atoms with van der Waals surface area (Å²) in [5.41, 5.74) is 0. The Morgan fingerprint density at radius 1 is 1.83 bits per heavy atom. The summed E-state index contributed by atoms with van der Waals surface area (Å²) in [6.45, 7) is 4.35. The predicted molar refractivity (Wildman–Crippen MR) is 43.4 cm³/mol. The van der Waals surface area contributed by atoms with Crippen molar-refractivity contribution in [1.82, 2.24) is 4.90 Å². The van der Waals surface area contributed by atoms with Crippen LogP contribution < -0.4 is 0 Å². The van der Waals surface area contributed by atoms with Crippen LogP contribution in [0.5, 0.6) is 0 Å². The topological polar surface area (TPSA) is 49.8 Å². The van der Waals surface area contributed by atoms with Crippen LogP contribution >= 0.6 is 0 Å². The average molecular weight is 171 g/mol. The fraction of sp³-hybridized carbons (Fsp3) is 0.625. The van der Waals surface area contributed by atoms with E-state index in [1.54, 1.807) is 6.08 Å². The van der Waals surface area contributed by atoms with E-state index in [1.807, 2.05) is 0 Å². The van der Waals surface area contributed by atoms with Crippen molar-refractivity contribution in [1.29, 1.82) is 0 Å². The minimum atomic E-state index is -0.786. The standard InChI is InChI=1S/C8H13NO3/c1-2-3-4-9-7(10)5-12-6-8(9)11/h2,7,10H,1,3-6H2. The van der Waals surface area contributed by atoms with Gasteiger partial charge in [0.2, 0.25) is 0 Å². The molecule has 4 heteroatoms. The predicted octanol–water partition coefficient (Wildman–Crippen LogP) is -0.260. The van der Waals surface area contributed by atoms with Gasteiger partial charge in [0.25, 0.3) is 5.91 Å². The lowest BCUT2D eigenvalue weighted by atomic mass is 10.3. The van der Waals surface area contributed by atoms with Crippen molar-refractivity contribution in [3.63, 3.8) is 0 Å². The summed E-state index contributed by atoms with van der Waals surface area (Å²) in [6.07, 6.45) is 1.63. The molecule has 0 aromatic rings. The van der Waals surface area contributed by atoms with Gasteiger partial charge >= 0.3 is 0 Å². The normalized spacial score (nSPS) is 24.2. The van der Waals surface area contributed by atoms with Crippen LogP contribution in [-0.4, -0.2) is 41.9 Å². The Balaban J connectivity index is 2.45. The number of aliphatic hydroxyl groups is 1. The van der Waals surface area contributed by atoms with E-state index in [2.05, 4.69) is 6.58 Å². The Hall–Kier alpha value is -0.870. The summed E-state index contributed by atoms with van der Waals surface area (Å²) in [5.74, 6) is -0.157. The molecular weight excluding hydrogens is 158 g/mol. The molecule has 12 heavy (non-hydrogen) atoms. The molecule has 4 nitrogen and oxygen atoms in total. The molecule has 0 aromatic heterocycles. The van der Waals surface area contributed by atoms with Gasteiger partial charge < -0.3 is 14.7 Å². The van der Waals surface area contributed by atoms with Crippen molar-refractivity contribution in [3.05, 3.63) is 12.7 Å². The summed E-state index contributed by atoms with van der Waals surface area (Å²) < 4.78 is 4.84. The molecule has 0 aromatic carbocycles. The molecule has 0 aliphatic carbocycles. The molecular formula is C8H13NO3. The summed E-state index contributed by atoms with van der Waals surface area (Å²) in [6, 6.07) is 0. The molecule has 0 spiro atoms. The first-order chi connectivity index (χ1) is 5.75. The maximum absolute atomic E-state index is 11.1. The number of carbonyl (C=O) groups is 1. The van der Waals surface area contributed by atoms with Gasteiger partial charge in [0.15, 0.2) is 6.23 Å². The monoisotopic (exact) mass is 171 g/mol. The van der Waals surface area contributed by atoms with Gasteiger partial charge in [-0.1, -0.05) is 6.08 Å². The zero-order valence-electron chi connectivity index (χ0n) is 6.90. The highest BCUT2D eigenvalue weighted by Gasteiger charge is 2.25. The van der Waals surface area contributed by atoms with Crippen molar-refractivity contribution in [2.45, 2.75) is 12.6 Å². The van der Waals surface area contributed by atoms with Crippen LogP contribution in [0.4, 0.5) is 0 Å². The molecule has 1 rings (SSSR count). The van der Waals surface area contributed by atoms with Crippen LogP contribution in [-0.2, 0) is 9.53 Å². The number of carbonyl (C=O) groups excluding carboxylic acids is 1. The molecule has 0 bridgehead atoms. The fourth-order valence-electron chi connectivity index (χ4n) is 1.09. The van der Waals surface area contributed by atoms with Crippen molar-refractivity contribution in [2.24, 2.45) is 0 Å². The second kappa shape index (κ2) is 4.23. The molecule has 1 heterocycles. The first kappa shape index (κ1) is 9.22. The SMILES string of the molecule is C=CCCN1C(=O)COCC1O. The van der Waals surface area contributed by atoms with Crippen LogP contribution in [0.3, 0.4) is 0 Å². The quantitative estimate of drug-likeness (QED) is 0.595. The lowest BCUT2D eigenvalue weighted by molar-refractivity contribution is -0.164. The first-order valence-corrected chi connectivity index (χ1v) is 3.92. The van der Waals surface area contributed by atoms with E-state index in [1.165, 1.54) is 4.90 Å². The third kappa shape index (κ3) is 2.06. The molecule has 0 saturated carbocycles. The Labute approximate surface area is 71.4 Å². The lowest BCUT2D eigenvalue weighted by Gasteiger charge is -2.31. The minimum absolute atomic E-state index is 0.0776. The summed E-state index contributed by atoms with van der Waals surface area (Å²) in [5, 5.41) is 9.31. The third-order valence-corrected chi connectivity index (χ3v) is 1.75. The van der Waals surface area contributed by atoms with Crippen LogP contribution in [0.25, 0.3) is 0 Å². The molecule has 68 valence electrons. The van der Waals surface area contributed by atoms with Crippen LogP contribution in [0.1, 0.15) is 6.42 Å². The highest BCUT2D eigenvalue weighted by atomic mass is 16.5. The van der Waals surface area contributed by atoms with Crippen molar-refractivity contribution >= 4 is 5.91 Å². The minimum Gasteiger partial charge on any atom is -0.371 e. The van der Waals surface area contributed by atoms with Gasteiger partial charge in [0.1, 0.15) is 6.61 Å². The van der Waals surface area contributed by atoms with Crippen molar-refractivity contribution < 1.29 is 14.6 Å². The lowest BCUT2D eigenvalue weighted by Crippen LogP contribution is -2.49. The molecule has 1 atom stereocenters. The van der Waals surface area contributed by atoms with Crippen LogP contribution in [0, 0.1) is 0 Å². The third-order valence-electron chi connectivity index (χ3n) is 1.75. The van der Waals surface area contributed by atoms with Crippen molar-refractivity contribution in [2.75, 3.05) is 19.8 Å². The van der Waals surface area contributed by atoms with E-state index >= 15 is 0 Å².